The number of benzene rings is 3. The lowest BCUT2D eigenvalue weighted by molar-refractivity contribution is -0.123. The highest BCUT2D eigenvalue weighted by Gasteiger charge is 2.13. The average molecular weight is 459 g/mol. The number of allylic oxidation sites excluding steroid dienone is 1. The molecule has 1 N–H and O–H groups in total. The van der Waals surface area contributed by atoms with E-state index in [9.17, 15) is 9.59 Å². The molecule has 0 radical (unpaired) electrons. The third-order valence-corrected chi connectivity index (χ3v) is 5.05. The van der Waals surface area contributed by atoms with E-state index in [-0.39, 0.29) is 25.1 Å². The number of fused-ring (bicyclic) bond motifs is 1. The molecule has 3 aromatic rings. The van der Waals surface area contributed by atoms with Gasteiger partial charge >= 0.3 is 0 Å². The molecule has 1 heterocycles. The molecule has 7 heteroatoms. The van der Waals surface area contributed by atoms with Crippen molar-refractivity contribution in [3.8, 4) is 23.0 Å². The average Bonchev–Trinajstić information content (AvgIpc) is 3.34. The zero-order valence-corrected chi connectivity index (χ0v) is 18.8. The van der Waals surface area contributed by atoms with Crippen LogP contribution in [0.3, 0.4) is 0 Å². The van der Waals surface area contributed by atoms with E-state index in [2.05, 4.69) is 5.32 Å². The number of hydrogen-bond donors (Lipinski definition) is 1. The molecule has 0 aromatic heterocycles. The van der Waals surface area contributed by atoms with Gasteiger partial charge in [0.25, 0.3) is 5.91 Å². The van der Waals surface area contributed by atoms with E-state index in [1.54, 1.807) is 30.3 Å². The van der Waals surface area contributed by atoms with Gasteiger partial charge in [-0.15, -0.1) is 0 Å². The van der Waals surface area contributed by atoms with E-state index >= 15 is 0 Å². The Labute approximate surface area is 197 Å². The Bertz CT molecular complexity index is 1170. The predicted octanol–water partition coefficient (Wildman–Crippen LogP) is 4.41. The summed E-state index contributed by atoms with van der Waals surface area (Å²) in [5.41, 5.74) is 2.34. The molecule has 0 spiro atoms. The van der Waals surface area contributed by atoms with Gasteiger partial charge < -0.3 is 24.3 Å². The van der Waals surface area contributed by atoms with Crippen LogP contribution in [0.2, 0.25) is 0 Å². The first-order valence-electron chi connectivity index (χ1n) is 10.9. The van der Waals surface area contributed by atoms with E-state index in [1.807, 2.05) is 49.4 Å². The standard InChI is InChI=1S/C27H25NO6/c1-2-31-22-9-3-19(4-10-22)5-13-24(29)21-7-11-23(12-8-21)32-17-27(30)28-16-20-6-14-25-26(15-20)34-18-33-25/h3-15H,2,16-18H2,1H3,(H,28,30)/b13-5+. The van der Waals surface area contributed by atoms with E-state index in [4.69, 9.17) is 18.9 Å². The van der Waals surface area contributed by atoms with Crippen LogP contribution in [-0.2, 0) is 11.3 Å². The van der Waals surface area contributed by atoms with Crippen molar-refractivity contribution in [3.63, 3.8) is 0 Å². The second-order valence-corrected chi connectivity index (χ2v) is 7.48. The normalized spacial score (nSPS) is 11.9. The number of carbonyl (C=O) groups excluding carboxylic acids is 2. The molecular formula is C27H25NO6. The molecule has 1 aliphatic rings. The van der Waals surface area contributed by atoms with Crippen LogP contribution in [0.15, 0.2) is 72.8 Å². The largest absolute Gasteiger partial charge is 0.494 e. The number of ether oxygens (including phenoxy) is 4. The molecule has 0 saturated carbocycles. The number of rotatable bonds is 10. The maximum Gasteiger partial charge on any atom is 0.258 e. The summed E-state index contributed by atoms with van der Waals surface area (Å²) in [7, 11) is 0. The highest BCUT2D eigenvalue weighted by Crippen LogP contribution is 2.32. The first-order valence-corrected chi connectivity index (χ1v) is 10.9. The van der Waals surface area contributed by atoms with Crippen molar-refractivity contribution in [2.45, 2.75) is 13.5 Å². The third-order valence-electron chi connectivity index (χ3n) is 5.05. The van der Waals surface area contributed by atoms with Gasteiger partial charge in [-0.1, -0.05) is 24.3 Å². The van der Waals surface area contributed by atoms with Gasteiger partial charge in [-0.25, -0.2) is 0 Å². The Morgan fingerprint density at radius 1 is 0.912 bits per heavy atom. The minimum Gasteiger partial charge on any atom is -0.494 e. The van der Waals surface area contributed by atoms with Gasteiger partial charge in [-0.2, -0.15) is 0 Å². The molecule has 7 nitrogen and oxygen atoms in total. The second kappa shape index (κ2) is 11.0. The van der Waals surface area contributed by atoms with Crippen molar-refractivity contribution < 1.29 is 28.5 Å². The lowest BCUT2D eigenvalue weighted by Gasteiger charge is -2.08. The summed E-state index contributed by atoms with van der Waals surface area (Å²) in [6, 6.07) is 19.7. The van der Waals surface area contributed by atoms with Crippen molar-refractivity contribution in [1.29, 1.82) is 0 Å². The van der Waals surface area contributed by atoms with Gasteiger partial charge in [0, 0.05) is 12.1 Å². The van der Waals surface area contributed by atoms with Gasteiger partial charge in [0.15, 0.2) is 23.9 Å². The summed E-state index contributed by atoms with van der Waals surface area (Å²) < 4.78 is 21.6. The number of nitrogens with one attached hydrogen (secondary N) is 1. The number of hydrogen-bond acceptors (Lipinski definition) is 6. The second-order valence-electron chi connectivity index (χ2n) is 7.48. The third kappa shape index (κ3) is 6.16. The summed E-state index contributed by atoms with van der Waals surface area (Å²) in [5.74, 6) is 2.30. The Hall–Kier alpha value is -4.26. The maximum atomic E-state index is 12.4. The van der Waals surface area contributed by atoms with Crippen LogP contribution in [0.4, 0.5) is 0 Å². The molecule has 3 aromatic carbocycles. The number of amides is 1. The van der Waals surface area contributed by atoms with Crippen molar-refractivity contribution in [3.05, 3.63) is 89.5 Å². The fourth-order valence-electron chi connectivity index (χ4n) is 3.28. The van der Waals surface area contributed by atoms with Crippen LogP contribution in [0, 0.1) is 0 Å². The topological polar surface area (TPSA) is 83.1 Å². The lowest BCUT2D eigenvalue weighted by atomic mass is 10.1. The van der Waals surface area contributed by atoms with Crippen LogP contribution in [-0.4, -0.2) is 31.7 Å². The zero-order chi connectivity index (χ0) is 23.8. The predicted molar refractivity (Wildman–Crippen MR) is 127 cm³/mol. The lowest BCUT2D eigenvalue weighted by Crippen LogP contribution is -2.28. The van der Waals surface area contributed by atoms with Crippen LogP contribution < -0.4 is 24.3 Å². The highest BCUT2D eigenvalue weighted by molar-refractivity contribution is 6.06. The van der Waals surface area contributed by atoms with E-state index in [1.165, 1.54) is 6.08 Å². The first-order chi connectivity index (χ1) is 16.6. The van der Waals surface area contributed by atoms with E-state index in [0.29, 0.717) is 36.0 Å². The van der Waals surface area contributed by atoms with Gasteiger partial charge in [0.05, 0.1) is 6.61 Å². The van der Waals surface area contributed by atoms with Crippen molar-refractivity contribution >= 4 is 17.8 Å². The summed E-state index contributed by atoms with van der Waals surface area (Å²) in [6.45, 7) is 2.98. The molecule has 0 fully saturated rings. The molecule has 0 bridgehead atoms. The fraction of sp³-hybridized carbons (Fsp3) is 0.185. The number of ketones is 1. The molecule has 0 unspecified atom stereocenters. The van der Waals surface area contributed by atoms with Gasteiger partial charge in [0.1, 0.15) is 11.5 Å². The quantitative estimate of drug-likeness (QED) is 0.357. The summed E-state index contributed by atoms with van der Waals surface area (Å²) in [6.07, 6.45) is 3.28. The summed E-state index contributed by atoms with van der Waals surface area (Å²) >= 11 is 0. The van der Waals surface area contributed by atoms with Crippen molar-refractivity contribution in [2.75, 3.05) is 20.0 Å². The van der Waals surface area contributed by atoms with Crippen LogP contribution >= 0.6 is 0 Å². The van der Waals surface area contributed by atoms with Crippen molar-refractivity contribution in [1.82, 2.24) is 5.32 Å². The summed E-state index contributed by atoms with van der Waals surface area (Å²) in [4.78, 5) is 24.5. The maximum absolute atomic E-state index is 12.4. The molecule has 0 saturated heterocycles. The molecule has 0 aliphatic carbocycles. The Morgan fingerprint density at radius 3 is 2.38 bits per heavy atom. The molecule has 34 heavy (non-hydrogen) atoms. The van der Waals surface area contributed by atoms with Crippen LogP contribution in [0.5, 0.6) is 23.0 Å². The molecule has 0 atom stereocenters. The van der Waals surface area contributed by atoms with Crippen molar-refractivity contribution in [2.24, 2.45) is 0 Å². The molecule has 4 rings (SSSR count). The molecule has 1 amide bonds. The fourth-order valence-corrected chi connectivity index (χ4v) is 3.28. The van der Waals surface area contributed by atoms with Crippen LogP contribution in [0.25, 0.3) is 6.08 Å². The smallest absolute Gasteiger partial charge is 0.258 e. The van der Waals surface area contributed by atoms with Crippen LogP contribution in [0.1, 0.15) is 28.4 Å². The number of carbonyl (C=O) groups is 2. The van der Waals surface area contributed by atoms with E-state index in [0.717, 1.165) is 16.9 Å². The molecular weight excluding hydrogens is 434 g/mol. The van der Waals surface area contributed by atoms with Gasteiger partial charge in [0.2, 0.25) is 6.79 Å². The SMILES string of the molecule is CCOc1ccc(/C=C/C(=O)c2ccc(OCC(=O)NCc3ccc4c(c3)OCO4)cc2)cc1. The van der Waals surface area contributed by atoms with Gasteiger partial charge in [-0.05, 0) is 72.7 Å². The first kappa shape index (κ1) is 22.9. The molecule has 174 valence electrons. The Morgan fingerprint density at radius 2 is 1.62 bits per heavy atom. The minimum atomic E-state index is -0.254. The monoisotopic (exact) mass is 459 g/mol. The summed E-state index contributed by atoms with van der Waals surface area (Å²) in [5, 5.41) is 2.80. The van der Waals surface area contributed by atoms with E-state index < -0.39 is 0 Å². The minimum absolute atomic E-state index is 0.123. The van der Waals surface area contributed by atoms with Gasteiger partial charge in [-0.3, -0.25) is 9.59 Å². The Balaban J connectivity index is 1.22. The molecule has 1 aliphatic heterocycles. The Kier molecular flexibility index (Phi) is 7.45. The highest BCUT2D eigenvalue weighted by atomic mass is 16.7. The zero-order valence-electron chi connectivity index (χ0n) is 18.8.